The summed E-state index contributed by atoms with van der Waals surface area (Å²) in [4.78, 5) is 25.5. The number of rotatable bonds is 15. The third kappa shape index (κ3) is 11.1. The van der Waals surface area contributed by atoms with Crippen molar-refractivity contribution in [3.63, 3.8) is 0 Å². The molecule has 8 N–H and O–H groups in total. The van der Waals surface area contributed by atoms with Gasteiger partial charge in [-0.1, -0.05) is 33.8 Å². The van der Waals surface area contributed by atoms with Gasteiger partial charge in [0.2, 0.25) is 5.91 Å². The zero-order valence-corrected chi connectivity index (χ0v) is 23.1. The summed E-state index contributed by atoms with van der Waals surface area (Å²) in [5.41, 5.74) is 7.05. The van der Waals surface area contributed by atoms with Crippen LogP contribution in [-0.4, -0.2) is 97.5 Å². The van der Waals surface area contributed by atoms with Gasteiger partial charge in [0, 0.05) is 38.8 Å². The Labute approximate surface area is 216 Å². The van der Waals surface area contributed by atoms with E-state index in [2.05, 4.69) is 34.3 Å². The number of aliphatic hydroxyl groups is 2. The molecule has 1 aliphatic rings. The summed E-state index contributed by atoms with van der Waals surface area (Å²) >= 11 is 0. The van der Waals surface area contributed by atoms with Crippen LogP contribution in [0, 0.1) is 11.8 Å². The van der Waals surface area contributed by atoms with E-state index in [1.54, 1.807) is 7.05 Å². The lowest BCUT2D eigenvalue weighted by Gasteiger charge is -2.34. The minimum Gasteiger partial charge on any atom is -0.445 e. The van der Waals surface area contributed by atoms with Crippen molar-refractivity contribution in [2.45, 2.75) is 90.5 Å². The summed E-state index contributed by atoms with van der Waals surface area (Å²) in [6, 6.07) is -0.384. The molecule has 2 amide bonds. The zero-order valence-electron chi connectivity index (χ0n) is 23.1. The van der Waals surface area contributed by atoms with Crippen LogP contribution < -0.4 is 27.0 Å². The summed E-state index contributed by atoms with van der Waals surface area (Å²) in [5, 5.41) is 32.5. The van der Waals surface area contributed by atoms with E-state index in [-0.39, 0.29) is 43.0 Å². The fourth-order valence-corrected chi connectivity index (χ4v) is 4.24. The van der Waals surface area contributed by atoms with Crippen LogP contribution in [0.25, 0.3) is 0 Å². The Morgan fingerprint density at radius 3 is 2.33 bits per heavy atom. The summed E-state index contributed by atoms with van der Waals surface area (Å²) in [6.07, 6.45) is 2.36. The van der Waals surface area contributed by atoms with E-state index in [4.69, 9.17) is 10.5 Å². The van der Waals surface area contributed by atoms with Gasteiger partial charge in [0.05, 0.1) is 12.6 Å². The van der Waals surface area contributed by atoms with Gasteiger partial charge in [-0.15, -0.1) is 0 Å². The molecule has 0 aromatic carbocycles. The molecule has 0 aromatic heterocycles. The fourth-order valence-electron chi connectivity index (χ4n) is 4.24. The van der Waals surface area contributed by atoms with E-state index < -0.39 is 24.6 Å². The highest BCUT2D eigenvalue weighted by molar-refractivity contribution is 5.77. The van der Waals surface area contributed by atoms with E-state index >= 15 is 0 Å². The SMILES string of the molecule is CNC(=O)CNC(O)[C@H](C(C)C)N(C)C(=O)OCC1=CCC(NC(C)CNC(O)[C@@H](N)C(C)C)CC1. The molecule has 0 aromatic rings. The van der Waals surface area contributed by atoms with Gasteiger partial charge in [0.1, 0.15) is 19.1 Å². The molecule has 0 spiro atoms. The second-order valence-corrected chi connectivity index (χ2v) is 10.5. The third-order valence-electron chi connectivity index (χ3n) is 6.67. The van der Waals surface area contributed by atoms with Crippen molar-refractivity contribution in [3.8, 4) is 0 Å². The standard InChI is InChI=1S/C25H50N6O5/c1-15(2)21(26)23(33)28-12-17(5)30-19-10-8-18(9-11-19)14-36-25(35)31(7)22(16(3)4)24(34)29-13-20(32)27-6/h8,15-17,19,21-24,28-30,33-34H,9-14,26H2,1-7H3,(H,27,32)/t17?,19?,21-,22-,23?,24?/m0/s1. The van der Waals surface area contributed by atoms with Crippen LogP contribution in [0.15, 0.2) is 11.6 Å². The van der Waals surface area contributed by atoms with Gasteiger partial charge in [0.15, 0.2) is 0 Å². The molecule has 6 atom stereocenters. The van der Waals surface area contributed by atoms with E-state index in [0.29, 0.717) is 12.6 Å². The first-order chi connectivity index (χ1) is 16.9. The lowest BCUT2D eigenvalue weighted by molar-refractivity contribution is -0.120. The number of ether oxygens (including phenoxy) is 1. The Hall–Kier alpha value is -1.76. The van der Waals surface area contributed by atoms with Crippen molar-refractivity contribution in [1.29, 1.82) is 0 Å². The van der Waals surface area contributed by atoms with Gasteiger partial charge in [-0.3, -0.25) is 15.4 Å². The predicted octanol–water partition coefficient (Wildman–Crippen LogP) is 0.0817. The Bertz CT molecular complexity index is 704. The van der Waals surface area contributed by atoms with Crippen LogP contribution in [0.2, 0.25) is 0 Å². The minimum atomic E-state index is -1.07. The number of aliphatic hydroxyl groups excluding tert-OH is 2. The van der Waals surface area contributed by atoms with E-state index in [0.717, 1.165) is 24.8 Å². The number of likely N-dealkylation sites (N-methyl/N-ethyl adjacent to an activating group) is 2. The van der Waals surface area contributed by atoms with Crippen molar-refractivity contribution < 1.29 is 24.5 Å². The van der Waals surface area contributed by atoms with E-state index in [1.165, 1.54) is 11.9 Å². The number of amides is 2. The number of nitrogens with one attached hydrogen (secondary N) is 4. The summed E-state index contributed by atoms with van der Waals surface area (Å²) < 4.78 is 5.52. The topological polar surface area (TPSA) is 161 Å². The van der Waals surface area contributed by atoms with E-state index in [1.807, 2.05) is 27.7 Å². The molecule has 1 aliphatic carbocycles. The van der Waals surface area contributed by atoms with Gasteiger partial charge < -0.3 is 36.2 Å². The maximum absolute atomic E-state index is 12.7. The summed E-state index contributed by atoms with van der Waals surface area (Å²) in [5.74, 6) is -0.120. The molecule has 36 heavy (non-hydrogen) atoms. The molecule has 0 saturated carbocycles. The predicted molar refractivity (Wildman–Crippen MR) is 141 cm³/mol. The van der Waals surface area contributed by atoms with Gasteiger partial charge >= 0.3 is 6.09 Å². The maximum atomic E-state index is 12.7. The number of hydrogen-bond donors (Lipinski definition) is 7. The number of carbonyl (C=O) groups is 2. The van der Waals surface area contributed by atoms with Crippen molar-refractivity contribution >= 4 is 12.0 Å². The van der Waals surface area contributed by atoms with Crippen molar-refractivity contribution in [2.24, 2.45) is 17.6 Å². The van der Waals surface area contributed by atoms with Gasteiger partial charge in [-0.05, 0) is 43.6 Å². The quantitative estimate of drug-likeness (QED) is 0.119. The molecular formula is C25H50N6O5. The molecule has 11 heteroatoms. The Morgan fingerprint density at radius 2 is 1.81 bits per heavy atom. The number of nitrogens with zero attached hydrogens (tertiary/aromatic N) is 1. The molecule has 0 radical (unpaired) electrons. The number of carbonyl (C=O) groups excluding carboxylic acids is 2. The first-order valence-electron chi connectivity index (χ1n) is 13.0. The highest BCUT2D eigenvalue weighted by Gasteiger charge is 2.31. The van der Waals surface area contributed by atoms with Crippen LogP contribution in [0.5, 0.6) is 0 Å². The van der Waals surface area contributed by atoms with Gasteiger partial charge in [0.25, 0.3) is 0 Å². The Balaban J connectivity index is 2.47. The summed E-state index contributed by atoms with van der Waals surface area (Å²) in [7, 11) is 3.11. The van der Waals surface area contributed by atoms with Gasteiger partial charge in [-0.25, -0.2) is 4.79 Å². The van der Waals surface area contributed by atoms with Crippen LogP contribution >= 0.6 is 0 Å². The van der Waals surface area contributed by atoms with E-state index in [9.17, 15) is 19.8 Å². The smallest absolute Gasteiger partial charge is 0.410 e. The van der Waals surface area contributed by atoms with Crippen molar-refractivity contribution in [3.05, 3.63) is 11.6 Å². The first kappa shape index (κ1) is 32.3. The third-order valence-corrected chi connectivity index (χ3v) is 6.67. The average molecular weight is 515 g/mol. The van der Waals surface area contributed by atoms with Crippen LogP contribution in [-0.2, 0) is 9.53 Å². The van der Waals surface area contributed by atoms with Crippen LogP contribution in [0.1, 0.15) is 53.9 Å². The molecule has 0 aliphatic heterocycles. The molecule has 4 unspecified atom stereocenters. The maximum Gasteiger partial charge on any atom is 0.410 e. The normalized spacial score (nSPS) is 20.3. The lowest BCUT2D eigenvalue weighted by atomic mass is 9.95. The monoisotopic (exact) mass is 514 g/mol. The molecular weight excluding hydrogens is 464 g/mol. The summed E-state index contributed by atoms with van der Waals surface area (Å²) in [6.45, 7) is 10.6. The Kier molecular flexibility index (Phi) is 14.5. The average Bonchev–Trinajstić information content (AvgIpc) is 2.84. The highest BCUT2D eigenvalue weighted by atomic mass is 16.6. The molecule has 0 heterocycles. The molecule has 1 rings (SSSR count). The second-order valence-electron chi connectivity index (χ2n) is 10.5. The largest absolute Gasteiger partial charge is 0.445 e. The molecule has 0 fully saturated rings. The van der Waals surface area contributed by atoms with Crippen molar-refractivity contribution in [2.75, 3.05) is 33.8 Å². The number of nitrogens with two attached hydrogens (primary N) is 1. The molecule has 210 valence electrons. The first-order valence-corrected chi connectivity index (χ1v) is 13.0. The van der Waals surface area contributed by atoms with Crippen LogP contribution in [0.3, 0.4) is 0 Å². The Morgan fingerprint density at radius 1 is 1.14 bits per heavy atom. The van der Waals surface area contributed by atoms with Crippen molar-refractivity contribution in [1.82, 2.24) is 26.2 Å². The number of hydrogen-bond acceptors (Lipinski definition) is 9. The molecule has 0 bridgehead atoms. The minimum absolute atomic E-state index is 0.0490. The molecule has 11 nitrogen and oxygen atoms in total. The zero-order chi connectivity index (χ0) is 27.4. The fraction of sp³-hybridized carbons (Fsp3) is 0.840. The molecule has 0 saturated heterocycles. The second kappa shape index (κ2) is 16.2. The highest BCUT2D eigenvalue weighted by Crippen LogP contribution is 2.20. The lowest BCUT2D eigenvalue weighted by Crippen LogP contribution is -2.55. The van der Waals surface area contributed by atoms with Crippen LogP contribution in [0.4, 0.5) is 4.79 Å². The van der Waals surface area contributed by atoms with Gasteiger partial charge in [-0.2, -0.15) is 0 Å².